The topological polar surface area (TPSA) is 72.6 Å². The predicted octanol–water partition coefficient (Wildman–Crippen LogP) is 4.92. The van der Waals surface area contributed by atoms with E-state index in [1.54, 1.807) is 36.3 Å². The summed E-state index contributed by atoms with van der Waals surface area (Å²) >= 11 is 1.58. The van der Waals surface area contributed by atoms with Crippen LogP contribution in [0.3, 0.4) is 0 Å². The zero-order valence-corrected chi connectivity index (χ0v) is 17.7. The van der Waals surface area contributed by atoms with Gasteiger partial charge >= 0.3 is 5.97 Å². The van der Waals surface area contributed by atoms with E-state index in [0.29, 0.717) is 22.6 Å². The Morgan fingerprint density at radius 2 is 1.93 bits per heavy atom. The standard InChI is InChI=1S/C23H20N2O4S/c1-14-17(23(27)28-3)11-15(29-14)13-25(2)22(26)18-12-20(21-9-6-10-30-21)24-19-8-5-4-7-16(18)19/h4-12H,13H2,1-3H3. The SMILES string of the molecule is COC(=O)c1cc(CN(C)C(=O)c2cc(-c3cccs3)nc3ccccc23)oc1C. The second kappa shape index (κ2) is 8.12. The molecule has 4 rings (SSSR count). The van der Waals surface area contributed by atoms with Crippen LogP contribution in [0.5, 0.6) is 0 Å². The van der Waals surface area contributed by atoms with Gasteiger partial charge in [-0.3, -0.25) is 4.79 Å². The van der Waals surface area contributed by atoms with Crippen LogP contribution in [0.2, 0.25) is 0 Å². The quantitative estimate of drug-likeness (QED) is 0.428. The summed E-state index contributed by atoms with van der Waals surface area (Å²) in [4.78, 5) is 32.4. The smallest absolute Gasteiger partial charge is 0.341 e. The second-order valence-electron chi connectivity index (χ2n) is 6.88. The zero-order valence-electron chi connectivity index (χ0n) is 16.8. The number of benzene rings is 1. The molecular weight excluding hydrogens is 400 g/mol. The Hall–Kier alpha value is -3.45. The molecule has 4 aromatic rings. The molecule has 7 heteroatoms. The van der Waals surface area contributed by atoms with Crippen molar-refractivity contribution in [3.8, 4) is 10.6 Å². The molecule has 6 nitrogen and oxygen atoms in total. The van der Waals surface area contributed by atoms with Crippen molar-refractivity contribution in [1.82, 2.24) is 9.88 Å². The minimum Gasteiger partial charge on any atom is -0.465 e. The van der Waals surface area contributed by atoms with Crippen LogP contribution < -0.4 is 0 Å². The molecule has 0 aliphatic rings. The summed E-state index contributed by atoms with van der Waals surface area (Å²) in [6.45, 7) is 1.92. The van der Waals surface area contributed by atoms with Crippen LogP contribution in [0.15, 0.2) is 58.3 Å². The highest BCUT2D eigenvalue weighted by atomic mass is 32.1. The average molecular weight is 420 g/mol. The molecule has 30 heavy (non-hydrogen) atoms. The number of furan rings is 1. The first kappa shape index (κ1) is 19.8. The monoisotopic (exact) mass is 420 g/mol. The molecule has 0 saturated carbocycles. The van der Waals surface area contributed by atoms with E-state index < -0.39 is 5.97 Å². The van der Waals surface area contributed by atoms with Gasteiger partial charge < -0.3 is 14.1 Å². The van der Waals surface area contributed by atoms with Crippen molar-refractivity contribution in [2.75, 3.05) is 14.2 Å². The van der Waals surface area contributed by atoms with Gasteiger partial charge in [0.1, 0.15) is 17.1 Å². The van der Waals surface area contributed by atoms with Crippen molar-refractivity contribution in [3.63, 3.8) is 0 Å². The van der Waals surface area contributed by atoms with Gasteiger partial charge in [0.2, 0.25) is 0 Å². The number of carbonyl (C=O) groups is 2. The molecule has 3 aromatic heterocycles. The van der Waals surface area contributed by atoms with Crippen molar-refractivity contribution in [1.29, 1.82) is 0 Å². The number of nitrogens with zero attached hydrogens (tertiary/aromatic N) is 2. The van der Waals surface area contributed by atoms with Gasteiger partial charge in [-0.1, -0.05) is 24.3 Å². The summed E-state index contributed by atoms with van der Waals surface area (Å²) < 4.78 is 10.4. The van der Waals surface area contributed by atoms with Gasteiger partial charge in [0.25, 0.3) is 5.91 Å². The van der Waals surface area contributed by atoms with Crippen LogP contribution in [-0.2, 0) is 11.3 Å². The lowest BCUT2D eigenvalue weighted by molar-refractivity contribution is 0.0598. The summed E-state index contributed by atoms with van der Waals surface area (Å²) in [5.74, 6) is 0.366. The molecule has 0 fully saturated rings. The number of hydrogen-bond donors (Lipinski definition) is 0. The van der Waals surface area contributed by atoms with Crippen molar-refractivity contribution < 1.29 is 18.7 Å². The van der Waals surface area contributed by atoms with E-state index in [4.69, 9.17) is 14.1 Å². The van der Waals surface area contributed by atoms with E-state index >= 15 is 0 Å². The first-order chi connectivity index (χ1) is 14.5. The molecule has 3 heterocycles. The van der Waals surface area contributed by atoms with Crippen molar-refractivity contribution in [2.45, 2.75) is 13.5 Å². The van der Waals surface area contributed by atoms with Crippen LogP contribution in [-0.4, -0.2) is 35.9 Å². The third-order valence-corrected chi connectivity index (χ3v) is 5.73. The number of esters is 1. The molecule has 1 aromatic carbocycles. The predicted molar refractivity (Wildman–Crippen MR) is 116 cm³/mol. The van der Waals surface area contributed by atoms with Crippen LogP contribution in [0.1, 0.15) is 32.2 Å². The van der Waals surface area contributed by atoms with Gasteiger partial charge in [-0.25, -0.2) is 9.78 Å². The number of fused-ring (bicyclic) bond motifs is 1. The molecule has 0 unspecified atom stereocenters. The zero-order chi connectivity index (χ0) is 21.3. The molecule has 0 aliphatic carbocycles. The number of carbonyl (C=O) groups excluding carboxylic acids is 2. The third-order valence-electron chi connectivity index (χ3n) is 4.83. The first-order valence-corrected chi connectivity index (χ1v) is 10.2. The minimum absolute atomic E-state index is 0.153. The Morgan fingerprint density at radius 3 is 2.67 bits per heavy atom. The van der Waals surface area contributed by atoms with Gasteiger partial charge in [-0.15, -0.1) is 11.3 Å². The van der Waals surface area contributed by atoms with Gasteiger partial charge in [0.05, 0.1) is 35.3 Å². The van der Waals surface area contributed by atoms with Crippen molar-refractivity contribution in [2.24, 2.45) is 0 Å². The van der Waals surface area contributed by atoms with E-state index in [9.17, 15) is 9.59 Å². The summed E-state index contributed by atoms with van der Waals surface area (Å²) in [7, 11) is 3.03. The largest absolute Gasteiger partial charge is 0.465 e. The summed E-state index contributed by atoms with van der Waals surface area (Å²) in [5.41, 5.74) is 2.47. The van der Waals surface area contributed by atoms with Crippen molar-refractivity contribution in [3.05, 3.63) is 76.6 Å². The minimum atomic E-state index is -0.461. The molecule has 0 spiro atoms. The number of rotatable bonds is 5. The third kappa shape index (κ3) is 3.71. The van der Waals surface area contributed by atoms with Gasteiger partial charge in [-0.05, 0) is 36.6 Å². The van der Waals surface area contributed by atoms with E-state index in [1.165, 1.54) is 7.11 Å². The Labute approximate surface area is 177 Å². The number of aromatic nitrogens is 1. The van der Waals surface area contributed by atoms with Crippen LogP contribution in [0.4, 0.5) is 0 Å². The first-order valence-electron chi connectivity index (χ1n) is 9.34. The fourth-order valence-electron chi connectivity index (χ4n) is 3.35. The number of hydrogen-bond acceptors (Lipinski definition) is 6. The van der Waals surface area contributed by atoms with Crippen molar-refractivity contribution >= 4 is 34.1 Å². The fraction of sp³-hybridized carbons (Fsp3) is 0.174. The lowest BCUT2D eigenvalue weighted by Crippen LogP contribution is -2.26. The number of amides is 1. The Balaban J connectivity index is 1.68. The Kier molecular flexibility index (Phi) is 5.37. The highest BCUT2D eigenvalue weighted by Crippen LogP contribution is 2.29. The molecule has 152 valence electrons. The fourth-order valence-corrected chi connectivity index (χ4v) is 4.03. The number of thiophene rings is 1. The maximum absolute atomic E-state index is 13.3. The number of pyridine rings is 1. The van der Waals surface area contributed by atoms with Gasteiger partial charge in [0, 0.05) is 12.4 Å². The Morgan fingerprint density at radius 1 is 1.13 bits per heavy atom. The van der Waals surface area contributed by atoms with Gasteiger partial charge in [-0.2, -0.15) is 0 Å². The summed E-state index contributed by atoms with van der Waals surface area (Å²) in [5, 5.41) is 2.78. The normalized spacial score (nSPS) is 10.9. The molecule has 0 saturated heterocycles. The lowest BCUT2D eigenvalue weighted by atomic mass is 10.1. The molecule has 0 bridgehead atoms. The molecule has 0 N–H and O–H groups in total. The molecule has 0 aliphatic heterocycles. The Bertz CT molecular complexity index is 1230. The maximum atomic E-state index is 13.3. The molecule has 0 radical (unpaired) electrons. The van der Waals surface area contributed by atoms with E-state index in [1.807, 2.05) is 47.8 Å². The summed E-state index contributed by atoms with van der Waals surface area (Å²) in [6, 6.07) is 15.0. The van der Waals surface area contributed by atoms with Crippen LogP contribution in [0.25, 0.3) is 21.5 Å². The highest BCUT2D eigenvalue weighted by Gasteiger charge is 2.21. The van der Waals surface area contributed by atoms with E-state index in [-0.39, 0.29) is 12.5 Å². The van der Waals surface area contributed by atoms with E-state index in [0.717, 1.165) is 21.5 Å². The lowest BCUT2D eigenvalue weighted by Gasteiger charge is -2.17. The molecule has 1 amide bonds. The number of methoxy groups -OCH3 is 1. The second-order valence-corrected chi connectivity index (χ2v) is 7.83. The van der Waals surface area contributed by atoms with Crippen LogP contribution >= 0.6 is 11.3 Å². The molecule has 0 atom stereocenters. The summed E-state index contributed by atoms with van der Waals surface area (Å²) in [6.07, 6.45) is 0. The number of para-hydroxylation sites is 1. The maximum Gasteiger partial charge on any atom is 0.341 e. The van der Waals surface area contributed by atoms with Gasteiger partial charge in [0.15, 0.2) is 0 Å². The molecular formula is C23H20N2O4S. The number of ether oxygens (including phenoxy) is 1. The van der Waals surface area contributed by atoms with Crippen LogP contribution in [0, 0.1) is 6.92 Å². The van der Waals surface area contributed by atoms with E-state index in [2.05, 4.69) is 0 Å². The average Bonchev–Trinajstić information content (AvgIpc) is 3.42. The number of aryl methyl sites for hydroxylation is 1. The highest BCUT2D eigenvalue weighted by molar-refractivity contribution is 7.13.